The summed E-state index contributed by atoms with van der Waals surface area (Å²) in [6, 6.07) is 4.31. The summed E-state index contributed by atoms with van der Waals surface area (Å²) in [7, 11) is 1.93. The van der Waals surface area contributed by atoms with Crippen molar-refractivity contribution in [3.8, 4) is 0 Å². The first-order chi connectivity index (χ1) is 11.7. The van der Waals surface area contributed by atoms with E-state index in [-0.39, 0.29) is 5.92 Å². The van der Waals surface area contributed by atoms with Gasteiger partial charge in [-0.1, -0.05) is 6.07 Å². The molecule has 1 aliphatic carbocycles. The van der Waals surface area contributed by atoms with E-state index >= 15 is 0 Å². The fraction of sp³-hybridized carbons (Fsp3) is 0.556. The van der Waals surface area contributed by atoms with Crippen LogP contribution in [0.2, 0.25) is 0 Å². The number of aryl methyl sites for hydroxylation is 1. The molecule has 0 unspecified atom stereocenters. The summed E-state index contributed by atoms with van der Waals surface area (Å²) in [6.07, 6.45) is 6.01. The second-order valence-corrected chi connectivity index (χ2v) is 7.96. The first kappa shape index (κ1) is 15.8. The van der Waals surface area contributed by atoms with E-state index in [1.54, 1.807) is 0 Å². The third-order valence-electron chi connectivity index (χ3n) is 5.12. The van der Waals surface area contributed by atoms with Crippen LogP contribution in [0, 0.1) is 5.92 Å². The van der Waals surface area contributed by atoms with Gasteiger partial charge < -0.3 is 4.90 Å². The highest BCUT2D eigenvalue weighted by atomic mass is 32.1. The Labute approximate surface area is 146 Å². The van der Waals surface area contributed by atoms with Crippen LogP contribution in [0.1, 0.15) is 29.2 Å². The number of amides is 1. The molecule has 4 rings (SSSR count). The SMILES string of the molecule is Cn1cc([C@@H]2C[C@H]2C(=O)N2CCCN(Cc3cccs3)CC2)cn1. The maximum atomic E-state index is 12.8. The Morgan fingerprint density at radius 3 is 3.00 bits per heavy atom. The fourth-order valence-electron chi connectivity index (χ4n) is 3.67. The Hall–Kier alpha value is -1.66. The van der Waals surface area contributed by atoms with Gasteiger partial charge in [0.1, 0.15) is 0 Å². The normalized spacial score (nSPS) is 24.8. The maximum Gasteiger partial charge on any atom is 0.226 e. The van der Waals surface area contributed by atoms with Gasteiger partial charge in [0.05, 0.1) is 6.20 Å². The predicted molar refractivity (Wildman–Crippen MR) is 94.8 cm³/mol. The van der Waals surface area contributed by atoms with Crippen LogP contribution in [-0.4, -0.2) is 51.7 Å². The van der Waals surface area contributed by atoms with Gasteiger partial charge >= 0.3 is 0 Å². The molecule has 3 heterocycles. The molecule has 2 aliphatic rings. The average Bonchev–Trinajstić information content (AvgIpc) is 3.10. The molecule has 24 heavy (non-hydrogen) atoms. The van der Waals surface area contributed by atoms with Crippen molar-refractivity contribution in [3.63, 3.8) is 0 Å². The van der Waals surface area contributed by atoms with Crippen molar-refractivity contribution in [3.05, 3.63) is 40.3 Å². The summed E-state index contributed by atoms with van der Waals surface area (Å²) in [5.41, 5.74) is 1.21. The van der Waals surface area contributed by atoms with E-state index in [1.165, 1.54) is 10.4 Å². The molecule has 0 bridgehead atoms. The third-order valence-corrected chi connectivity index (χ3v) is 5.98. The summed E-state index contributed by atoms with van der Waals surface area (Å²) in [5, 5.41) is 6.36. The molecular formula is C18H24N4OS. The minimum atomic E-state index is 0.179. The van der Waals surface area contributed by atoms with Crippen molar-refractivity contribution >= 4 is 17.2 Å². The third kappa shape index (κ3) is 3.39. The van der Waals surface area contributed by atoms with Crippen LogP contribution in [0.3, 0.4) is 0 Å². The van der Waals surface area contributed by atoms with Gasteiger partial charge in [-0.3, -0.25) is 14.4 Å². The Bertz CT molecular complexity index is 696. The number of hydrogen-bond donors (Lipinski definition) is 0. The first-order valence-electron chi connectivity index (χ1n) is 8.73. The van der Waals surface area contributed by atoms with E-state index in [1.807, 2.05) is 35.5 Å². The van der Waals surface area contributed by atoms with Crippen LogP contribution in [0.4, 0.5) is 0 Å². The molecule has 5 nitrogen and oxygen atoms in total. The van der Waals surface area contributed by atoms with Crippen molar-refractivity contribution in [2.45, 2.75) is 25.3 Å². The molecule has 1 amide bonds. The highest BCUT2D eigenvalue weighted by Gasteiger charge is 2.46. The van der Waals surface area contributed by atoms with Crippen LogP contribution in [-0.2, 0) is 18.4 Å². The molecule has 0 N–H and O–H groups in total. The Morgan fingerprint density at radius 2 is 2.25 bits per heavy atom. The molecule has 128 valence electrons. The summed E-state index contributed by atoms with van der Waals surface area (Å²) >= 11 is 1.82. The number of rotatable bonds is 4. The van der Waals surface area contributed by atoms with Crippen molar-refractivity contribution in [1.29, 1.82) is 0 Å². The van der Waals surface area contributed by atoms with E-state index < -0.39 is 0 Å². The molecule has 0 aromatic carbocycles. The lowest BCUT2D eigenvalue weighted by Crippen LogP contribution is -2.36. The molecule has 2 fully saturated rings. The second kappa shape index (κ2) is 6.69. The van der Waals surface area contributed by atoms with E-state index in [0.29, 0.717) is 11.8 Å². The van der Waals surface area contributed by atoms with Gasteiger partial charge in [-0.15, -0.1) is 11.3 Å². The van der Waals surface area contributed by atoms with Gasteiger partial charge in [-0.2, -0.15) is 5.10 Å². The quantitative estimate of drug-likeness (QED) is 0.855. The highest BCUT2D eigenvalue weighted by molar-refractivity contribution is 7.09. The van der Waals surface area contributed by atoms with Crippen LogP contribution in [0.5, 0.6) is 0 Å². The summed E-state index contributed by atoms with van der Waals surface area (Å²) in [5.74, 6) is 0.913. The molecule has 1 aliphatic heterocycles. The highest BCUT2D eigenvalue weighted by Crippen LogP contribution is 2.48. The lowest BCUT2D eigenvalue weighted by atomic mass is 10.2. The van der Waals surface area contributed by atoms with Gasteiger partial charge in [-0.05, 0) is 35.8 Å². The fourth-order valence-corrected chi connectivity index (χ4v) is 4.42. The zero-order chi connectivity index (χ0) is 16.5. The molecule has 1 saturated heterocycles. The van der Waals surface area contributed by atoms with Crippen LogP contribution in [0.15, 0.2) is 29.9 Å². The lowest BCUT2D eigenvalue weighted by Gasteiger charge is -2.22. The Balaban J connectivity index is 1.31. The lowest BCUT2D eigenvalue weighted by molar-refractivity contribution is -0.132. The Kier molecular flexibility index (Phi) is 4.41. The van der Waals surface area contributed by atoms with Gasteiger partial charge in [0.25, 0.3) is 0 Å². The molecular weight excluding hydrogens is 320 g/mol. The molecule has 6 heteroatoms. The first-order valence-corrected chi connectivity index (χ1v) is 9.61. The van der Waals surface area contributed by atoms with Crippen molar-refractivity contribution in [1.82, 2.24) is 19.6 Å². The largest absolute Gasteiger partial charge is 0.341 e. The Morgan fingerprint density at radius 1 is 1.33 bits per heavy atom. The van der Waals surface area contributed by atoms with Crippen molar-refractivity contribution in [2.75, 3.05) is 26.2 Å². The summed E-state index contributed by atoms with van der Waals surface area (Å²) in [4.78, 5) is 18.8. The molecule has 0 spiro atoms. The smallest absolute Gasteiger partial charge is 0.226 e. The van der Waals surface area contributed by atoms with Crippen LogP contribution >= 0.6 is 11.3 Å². The molecule has 2 aromatic heterocycles. The van der Waals surface area contributed by atoms with Crippen molar-refractivity contribution < 1.29 is 4.79 Å². The molecule has 2 aromatic rings. The van der Waals surface area contributed by atoms with E-state index in [4.69, 9.17) is 0 Å². The van der Waals surface area contributed by atoms with Gasteiger partial charge in [0, 0.05) is 56.8 Å². The van der Waals surface area contributed by atoms with Gasteiger partial charge in [0.2, 0.25) is 5.91 Å². The molecule has 2 atom stereocenters. The summed E-state index contributed by atoms with van der Waals surface area (Å²) < 4.78 is 1.82. The molecule has 0 radical (unpaired) electrons. The zero-order valence-corrected chi connectivity index (χ0v) is 14.9. The number of carbonyl (C=O) groups excluding carboxylic acids is 1. The minimum Gasteiger partial charge on any atom is -0.341 e. The number of nitrogens with zero attached hydrogens (tertiary/aromatic N) is 4. The predicted octanol–water partition coefficient (Wildman–Crippen LogP) is 2.32. The number of hydrogen-bond acceptors (Lipinski definition) is 4. The number of aromatic nitrogens is 2. The van der Waals surface area contributed by atoms with Gasteiger partial charge in [-0.25, -0.2) is 0 Å². The molecule has 1 saturated carbocycles. The second-order valence-electron chi connectivity index (χ2n) is 6.93. The maximum absolute atomic E-state index is 12.8. The van der Waals surface area contributed by atoms with Crippen LogP contribution < -0.4 is 0 Å². The van der Waals surface area contributed by atoms with E-state index in [0.717, 1.165) is 45.6 Å². The van der Waals surface area contributed by atoms with E-state index in [9.17, 15) is 4.79 Å². The topological polar surface area (TPSA) is 41.4 Å². The van der Waals surface area contributed by atoms with Crippen molar-refractivity contribution in [2.24, 2.45) is 13.0 Å². The number of carbonyl (C=O) groups is 1. The zero-order valence-electron chi connectivity index (χ0n) is 14.1. The standard InChI is InChI=1S/C18H24N4OS/c1-20-12-14(11-19-20)16-10-17(16)18(23)22-6-3-5-21(7-8-22)13-15-4-2-9-24-15/h2,4,9,11-12,16-17H,3,5-8,10,13H2,1H3/t16-,17+/m0/s1. The average molecular weight is 344 g/mol. The van der Waals surface area contributed by atoms with E-state index in [2.05, 4.69) is 32.4 Å². The van der Waals surface area contributed by atoms with Gasteiger partial charge in [0.15, 0.2) is 0 Å². The minimum absolute atomic E-state index is 0.179. The summed E-state index contributed by atoms with van der Waals surface area (Å²) in [6.45, 7) is 4.84. The monoisotopic (exact) mass is 344 g/mol. The van der Waals surface area contributed by atoms with Crippen LogP contribution in [0.25, 0.3) is 0 Å². The number of thiophene rings is 1.